The first-order chi connectivity index (χ1) is 8.55. The molecule has 0 aliphatic carbocycles. The Morgan fingerprint density at radius 3 is 2.72 bits per heavy atom. The molecule has 0 N–H and O–H groups in total. The third-order valence-electron chi connectivity index (χ3n) is 3.44. The molecule has 6 heteroatoms. The molecule has 0 saturated carbocycles. The molecule has 4 nitrogen and oxygen atoms in total. The Morgan fingerprint density at radius 2 is 2.00 bits per heavy atom. The number of sulfone groups is 1. The third kappa shape index (κ3) is 2.12. The summed E-state index contributed by atoms with van der Waals surface area (Å²) in [6.45, 7) is 0. The van der Waals surface area contributed by atoms with Gasteiger partial charge in [-0.1, -0.05) is 11.6 Å². The van der Waals surface area contributed by atoms with Crippen molar-refractivity contribution in [2.45, 2.75) is 18.8 Å². The van der Waals surface area contributed by atoms with Crippen LogP contribution in [0.4, 0.5) is 0 Å². The van der Waals surface area contributed by atoms with E-state index in [-0.39, 0.29) is 17.4 Å². The zero-order chi connectivity index (χ0) is 12.8. The van der Waals surface area contributed by atoms with Crippen LogP contribution < -0.4 is 0 Å². The first-order valence-electron chi connectivity index (χ1n) is 5.88. The summed E-state index contributed by atoms with van der Waals surface area (Å²) in [5, 5.41) is 0.658. The lowest BCUT2D eigenvalue weighted by molar-refractivity contribution is 0.536. The monoisotopic (exact) mass is 284 g/mol. The van der Waals surface area contributed by atoms with Gasteiger partial charge in [-0.15, -0.1) is 0 Å². The molecule has 1 saturated heterocycles. The number of imidazole rings is 1. The average molecular weight is 285 g/mol. The maximum atomic E-state index is 11.4. The predicted octanol–water partition coefficient (Wildman–Crippen LogP) is 2.28. The van der Waals surface area contributed by atoms with Gasteiger partial charge in [0.05, 0.1) is 28.2 Å². The topological polar surface area (TPSA) is 51.4 Å². The van der Waals surface area contributed by atoms with Crippen LogP contribution in [0.5, 0.6) is 0 Å². The van der Waals surface area contributed by atoms with Crippen molar-refractivity contribution >= 4 is 27.0 Å². The van der Waals surface area contributed by atoms with Gasteiger partial charge in [-0.25, -0.2) is 13.4 Å². The highest BCUT2D eigenvalue weighted by Crippen LogP contribution is 2.29. The zero-order valence-corrected chi connectivity index (χ0v) is 11.3. The van der Waals surface area contributed by atoms with Crippen molar-refractivity contribution in [2.24, 2.45) is 0 Å². The number of pyridine rings is 1. The van der Waals surface area contributed by atoms with Crippen LogP contribution in [-0.2, 0) is 9.84 Å². The SMILES string of the molecule is O=S1(=O)CCC(c2ncc3ccc(Cl)cn23)CC1. The molecule has 2 aromatic heterocycles. The maximum Gasteiger partial charge on any atom is 0.150 e. The number of fused-ring (bicyclic) bond motifs is 1. The molecule has 0 radical (unpaired) electrons. The fraction of sp³-hybridized carbons (Fsp3) is 0.417. The summed E-state index contributed by atoms with van der Waals surface area (Å²) >= 11 is 5.99. The van der Waals surface area contributed by atoms with E-state index in [1.54, 1.807) is 6.20 Å². The second-order valence-corrected chi connectivity index (χ2v) is 7.42. The van der Waals surface area contributed by atoms with Crippen LogP contribution in [0.1, 0.15) is 24.6 Å². The Labute approximate surface area is 111 Å². The van der Waals surface area contributed by atoms with Gasteiger partial charge < -0.3 is 4.40 Å². The number of halogens is 1. The largest absolute Gasteiger partial charge is 0.302 e. The van der Waals surface area contributed by atoms with E-state index in [1.807, 2.05) is 22.7 Å². The molecule has 0 spiro atoms. The standard InChI is InChI=1S/C12H13ClN2O2S/c13-10-1-2-11-7-14-12(15(11)8-10)9-3-5-18(16,17)6-4-9/h1-2,7-9H,3-6H2. The van der Waals surface area contributed by atoms with Gasteiger partial charge in [-0.05, 0) is 25.0 Å². The summed E-state index contributed by atoms with van der Waals surface area (Å²) < 4.78 is 24.8. The summed E-state index contributed by atoms with van der Waals surface area (Å²) in [7, 11) is -2.83. The van der Waals surface area contributed by atoms with Gasteiger partial charge >= 0.3 is 0 Å². The van der Waals surface area contributed by atoms with Gasteiger partial charge in [-0.2, -0.15) is 0 Å². The van der Waals surface area contributed by atoms with Crippen molar-refractivity contribution in [3.8, 4) is 0 Å². The number of nitrogens with zero attached hydrogens (tertiary/aromatic N) is 2. The first-order valence-corrected chi connectivity index (χ1v) is 8.08. The molecule has 1 aliphatic rings. The summed E-state index contributed by atoms with van der Waals surface area (Å²) in [5.41, 5.74) is 0.989. The van der Waals surface area contributed by atoms with Gasteiger partial charge in [0.1, 0.15) is 15.7 Å². The fourth-order valence-electron chi connectivity index (χ4n) is 2.43. The number of rotatable bonds is 1. The van der Waals surface area contributed by atoms with Crippen molar-refractivity contribution in [3.05, 3.63) is 35.4 Å². The normalized spacial score (nSPS) is 20.3. The van der Waals surface area contributed by atoms with Crippen LogP contribution in [0, 0.1) is 0 Å². The molecule has 3 heterocycles. The minimum Gasteiger partial charge on any atom is -0.302 e. The first kappa shape index (κ1) is 12.0. The minimum atomic E-state index is -2.83. The van der Waals surface area contributed by atoms with Crippen LogP contribution in [0.15, 0.2) is 24.5 Å². The van der Waals surface area contributed by atoms with Gasteiger partial charge in [0.2, 0.25) is 0 Å². The summed E-state index contributed by atoms with van der Waals surface area (Å²) in [5.74, 6) is 1.64. The van der Waals surface area contributed by atoms with E-state index in [0.29, 0.717) is 17.9 Å². The maximum absolute atomic E-state index is 11.4. The lowest BCUT2D eigenvalue weighted by Gasteiger charge is -2.20. The summed E-state index contributed by atoms with van der Waals surface area (Å²) in [6.07, 6.45) is 4.93. The molecule has 3 rings (SSSR count). The average Bonchev–Trinajstić information content (AvgIpc) is 2.72. The highest BCUT2D eigenvalue weighted by molar-refractivity contribution is 7.91. The molecule has 0 amide bonds. The van der Waals surface area contributed by atoms with Crippen molar-refractivity contribution in [1.29, 1.82) is 0 Å². The smallest absolute Gasteiger partial charge is 0.150 e. The quantitative estimate of drug-likeness (QED) is 0.807. The highest BCUT2D eigenvalue weighted by Gasteiger charge is 2.27. The van der Waals surface area contributed by atoms with Crippen LogP contribution in [0.2, 0.25) is 5.02 Å². The van der Waals surface area contributed by atoms with Gasteiger partial charge in [0, 0.05) is 12.1 Å². The number of hydrogen-bond donors (Lipinski definition) is 0. The molecule has 96 valence electrons. The van der Waals surface area contributed by atoms with Gasteiger partial charge in [0.25, 0.3) is 0 Å². The predicted molar refractivity (Wildman–Crippen MR) is 70.8 cm³/mol. The van der Waals surface area contributed by atoms with Crippen molar-refractivity contribution in [1.82, 2.24) is 9.38 Å². The Kier molecular flexibility index (Phi) is 2.83. The molecular formula is C12H13ClN2O2S. The second kappa shape index (κ2) is 4.24. The van der Waals surface area contributed by atoms with E-state index in [9.17, 15) is 8.42 Å². The summed E-state index contributed by atoms with van der Waals surface area (Å²) in [6, 6.07) is 3.74. The summed E-state index contributed by atoms with van der Waals surface area (Å²) in [4.78, 5) is 4.42. The van der Waals surface area contributed by atoms with E-state index < -0.39 is 9.84 Å². The van der Waals surface area contributed by atoms with Crippen LogP contribution in [0.25, 0.3) is 5.52 Å². The van der Waals surface area contributed by atoms with Crippen LogP contribution >= 0.6 is 11.6 Å². The van der Waals surface area contributed by atoms with E-state index >= 15 is 0 Å². The lowest BCUT2D eigenvalue weighted by Crippen LogP contribution is -2.23. The van der Waals surface area contributed by atoms with E-state index in [1.165, 1.54) is 0 Å². The molecule has 0 aromatic carbocycles. The number of aromatic nitrogens is 2. The zero-order valence-electron chi connectivity index (χ0n) is 9.71. The molecule has 0 unspecified atom stereocenters. The molecule has 0 atom stereocenters. The van der Waals surface area contributed by atoms with E-state index in [2.05, 4.69) is 4.98 Å². The lowest BCUT2D eigenvalue weighted by atomic mass is 10.0. The number of hydrogen-bond acceptors (Lipinski definition) is 3. The third-order valence-corrected chi connectivity index (χ3v) is 5.38. The molecule has 1 fully saturated rings. The van der Waals surface area contributed by atoms with Crippen molar-refractivity contribution in [3.63, 3.8) is 0 Å². The van der Waals surface area contributed by atoms with Crippen LogP contribution in [0.3, 0.4) is 0 Å². The Balaban J connectivity index is 1.98. The van der Waals surface area contributed by atoms with Crippen LogP contribution in [-0.4, -0.2) is 29.3 Å². The fourth-order valence-corrected chi connectivity index (χ4v) is 4.09. The second-order valence-electron chi connectivity index (χ2n) is 4.68. The van der Waals surface area contributed by atoms with Crippen molar-refractivity contribution < 1.29 is 8.42 Å². The minimum absolute atomic E-state index is 0.203. The molecule has 1 aliphatic heterocycles. The highest BCUT2D eigenvalue weighted by atomic mass is 35.5. The Hall–Kier alpha value is -1.07. The van der Waals surface area contributed by atoms with Gasteiger partial charge in [0.15, 0.2) is 0 Å². The molecule has 18 heavy (non-hydrogen) atoms. The molecule has 0 bridgehead atoms. The molecular weight excluding hydrogens is 272 g/mol. The van der Waals surface area contributed by atoms with E-state index in [0.717, 1.165) is 11.3 Å². The van der Waals surface area contributed by atoms with Gasteiger partial charge in [-0.3, -0.25) is 0 Å². The Bertz CT molecular complexity index is 679. The van der Waals surface area contributed by atoms with Crippen molar-refractivity contribution in [2.75, 3.05) is 11.5 Å². The molecule has 2 aromatic rings. The van der Waals surface area contributed by atoms with E-state index in [4.69, 9.17) is 11.6 Å². The Morgan fingerprint density at radius 1 is 1.28 bits per heavy atom.